The summed E-state index contributed by atoms with van der Waals surface area (Å²) in [5, 5.41) is 11.0. The molecule has 1 heterocycles. The molecule has 0 fully saturated rings. The number of imidazole rings is 1. The van der Waals surface area contributed by atoms with Crippen LogP contribution >= 0.6 is 0 Å². The number of esters is 5. The third-order valence-electron chi connectivity index (χ3n) is 5.04. The normalized spacial score (nSPS) is 13.6. The van der Waals surface area contributed by atoms with Crippen molar-refractivity contribution in [2.45, 2.75) is 59.0 Å². The van der Waals surface area contributed by atoms with Crippen molar-refractivity contribution in [3.8, 4) is 5.69 Å². The monoisotopic (exact) mass is 565 g/mol. The van der Waals surface area contributed by atoms with Gasteiger partial charge in [0.1, 0.15) is 6.61 Å². The first-order valence-corrected chi connectivity index (χ1v) is 11.6. The molecule has 0 saturated carbocycles. The Labute approximate surface area is 226 Å². The van der Waals surface area contributed by atoms with Crippen LogP contribution in [0.2, 0.25) is 0 Å². The summed E-state index contributed by atoms with van der Waals surface area (Å²) in [5.74, 6) is -4.43. The summed E-state index contributed by atoms with van der Waals surface area (Å²) >= 11 is 0. The molecule has 1 aromatic carbocycles. The molecule has 0 saturated heterocycles. The van der Waals surface area contributed by atoms with Crippen molar-refractivity contribution in [3.63, 3.8) is 0 Å². The van der Waals surface area contributed by atoms with E-state index in [1.807, 2.05) is 0 Å². The zero-order chi connectivity index (χ0) is 30.1. The van der Waals surface area contributed by atoms with Crippen LogP contribution in [0, 0.1) is 10.1 Å². The fourth-order valence-electron chi connectivity index (χ4n) is 3.62. The number of nitrogens with zero attached hydrogens (tertiary/aromatic N) is 2. The topological polar surface area (TPSA) is 212 Å². The molecule has 2 rings (SSSR count). The zero-order valence-electron chi connectivity index (χ0n) is 22.1. The summed E-state index contributed by atoms with van der Waals surface area (Å²) in [7, 11) is 0. The van der Waals surface area contributed by atoms with Crippen molar-refractivity contribution in [3.05, 3.63) is 56.8 Å². The number of nitro groups is 1. The zero-order valence-corrected chi connectivity index (χ0v) is 22.1. The molecule has 0 aliphatic heterocycles. The second-order valence-corrected chi connectivity index (χ2v) is 8.29. The quantitative estimate of drug-likeness (QED) is 0.165. The summed E-state index contributed by atoms with van der Waals surface area (Å²) in [6.07, 6.45) is -5.48. The van der Waals surface area contributed by atoms with Crippen LogP contribution in [-0.2, 0) is 47.7 Å². The lowest BCUT2D eigenvalue weighted by Gasteiger charge is -2.34. The summed E-state index contributed by atoms with van der Waals surface area (Å²) < 4.78 is 27.2. The van der Waals surface area contributed by atoms with E-state index in [0.717, 1.165) is 51.3 Å². The van der Waals surface area contributed by atoms with Gasteiger partial charge in [-0.25, -0.2) is 4.79 Å². The molecule has 216 valence electrons. The molecule has 0 aliphatic rings. The van der Waals surface area contributed by atoms with Gasteiger partial charge in [-0.2, -0.15) is 0 Å². The Morgan fingerprint density at radius 3 is 1.82 bits per heavy atom. The lowest BCUT2D eigenvalue weighted by molar-refractivity contribution is -0.384. The van der Waals surface area contributed by atoms with Crippen LogP contribution in [0.1, 0.15) is 46.4 Å². The lowest BCUT2D eigenvalue weighted by atomic mass is 10.00. The largest absolute Gasteiger partial charge is 0.462 e. The molecule has 0 aliphatic carbocycles. The van der Waals surface area contributed by atoms with Gasteiger partial charge in [0.15, 0.2) is 24.4 Å². The molecule has 40 heavy (non-hydrogen) atoms. The van der Waals surface area contributed by atoms with E-state index in [1.54, 1.807) is 0 Å². The minimum absolute atomic E-state index is 0.156. The summed E-state index contributed by atoms with van der Waals surface area (Å²) in [6.45, 7) is 4.48. The van der Waals surface area contributed by atoms with Crippen LogP contribution in [0.3, 0.4) is 0 Å². The lowest BCUT2D eigenvalue weighted by Crippen LogP contribution is -2.50. The average molecular weight is 565 g/mol. The van der Waals surface area contributed by atoms with E-state index in [9.17, 15) is 38.9 Å². The Morgan fingerprint density at radius 1 is 0.825 bits per heavy atom. The van der Waals surface area contributed by atoms with E-state index in [0.29, 0.717) is 0 Å². The predicted molar refractivity (Wildman–Crippen MR) is 131 cm³/mol. The SMILES string of the molecule is CC(=O)OC[C@@H](OC(C)=O)[C@H](OC(C)=O)[C@H](OC(C)=O)[C@@H](OC(C)=O)c1cn(-c2ccc([N+](=O)[O-])cc2)c(=O)[nH]1. The van der Waals surface area contributed by atoms with Crippen LogP contribution in [0.5, 0.6) is 0 Å². The van der Waals surface area contributed by atoms with Crippen LogP contribution in [0.25, 0.3) is 5.69 Å². The molecule has 0 unspecified atom stereocenters. The Kier molecular flexibility index (Phi) is 10.7. The molecular weight excluding hydrogens is 538 g/mol. The second kappa shape index (κ2) is 13.7. The van der Waals surface area contributed by atoms with Crippen molar-refractivity contribution in [2.75, 3.05) is 6.61 Å². The Bertz CT molecular complexity index is 1330. The van der Waals surface area contributed by atoms with Crippen molar-refractivity contribution in [1.82, 2.24) is 9.55 Å². The molecule has 4 atom stereocenters. The first-order valence-electron chi connectivity index (χ1n) is 11.6. The van der Waals surface area contributed by atoms with Crippen LogP contribution in [0.15, 0.2) is 35.3 Å². The highest BCUT2D eigenvalue weighted by molar-refractivity contribution is 5.69. The van der Waals surface area contributed by atoms with Gasteiger partial charge in [0.25, 0.3) is 5.69 Å². The van der Waals surface area contributed by atoms with Crippen molar-refractivity contribution in [2.24, 2.45) is 0 Å². The van der Waals surface area contributed by atoms with Gasteiger partial charge in [0.2, 0.25) is 0 Å². The fraction of sp³-hybridized carbons (Fsp3) is 0.417. The first-order chi connectivity index (χ1) is 18.7. The molecule has 1 N–H and O–H groups in total. The van der Waals surface area contributed by atoms with E-state index < -0.39 is 71.5 Å². The van der Waals surface area contributed by atoms with Crippen molar-refractivity contribution in [1.29, 1.82) is 0 Å². The Morgan fingerprint density at radius 2 is 1.35 bits per heavy atom. The molecular formula is C24H27N3O13. The summed E-state index contributed by atoms with van der Waals surface area (Å²) in [4.78, 5) is 85.2. The number of ether oxygens (including phenoxy) is 5. The number of non-ortho nitro benzene ring substituents is 1. The van der Waals surface area contributed by atoms with Gasteiger partial charge in [-0.15, -0.1) is 0 Å². The number of rotatable bonds is 12. The third kappa shape index (κ3) is 8.78. The molecule has 0 spiro atoms. The number of aromatic nitrogens is 2. The van der Waals surface area contributed by atoms with E-state index in [4.69, 9.17) is 23.7 Å². The average Bonchev–Trinajstić information content (AvgIpc) is 3.23. The maximum atomic E-state index is 12.8. The molecule has 1 aromatic heterocycles. The molecule has 2 aromatic rings. The van der Waals surface area contributed by atoms with Crippen LogP contribution < -0.4 is 5.69 Å². The van der Waals surface area contributed by atoms with Gasteiger partial charge in [0, 0.05) is 52.9 Å². The Hall–Kier alpha value is -5.02. The standard InChI is InChI=1S/C24H27N3O13/c1-12(28)36-11-20(37-13(2)29)22(39-15(4)31)23(40-16(5)32)21(38-14(3)30)19-10-26(24(33)25-19)17-6-8-18(9-7-17)27(34)35/h6-10,20-23H,11H2,1-5H3,(H,25,33)/t20-,21+,22+,23-/m1/s1. The van der Waals surface area contributed by atoms with Crippen LogP contribution in [0.4, 0.5) is 5.69 Å². The van der Waals surface area contributed by atoms with Gasteiger partial charge in [-0.05, 0) is 12.1 Å². The number of benzene rings is 1. The summed E-state index contributed by atoms with van der Waals surface area (Å²) in [6, 6.07) is 4.91. The Balaban J connectivity index is 2.68. The maximum Gasteiger partial charge on any atom is 0.330 e. The highest BCUT2D eigenvalue weighted by Gasteiger charge is 2.45. The van der Waals surface area contributed by atoms with Gasteiger partial charge in [-0.3, -0.25) is 38.7 Å². The minimum Gasteiger partial charge on any atom is -0.462 e. The number of hydrogen-bond donors (Lipinski definition) is 1. The molecule has 0 amide bonds. The van der Waals surface area contributed by atoms with Gasteiger partial charge < -0.3 is 28.7 Å². The van der Waals surface area contributed by atoms with E-state index in [-0.39, 0.29) is 17.1 Å². The minimum atomic E-state index is -1.74. The number of carbonyl (C=O) groups excluding carboxylic acids is 5. The van der Waals surface area contributed by atoms with Gasteiger partial charge in [-0.1, -0.05) is 0 Å². The highest BCUT2D eigenvalue weighted by atomic mass is 16.6. The molecule has 16 heteroatoms. The number of carbonyl (C=O) groups is 5. The second-order valence-electron chi connectivity index (χ2n) is 8.29. The van der Waals surface area contributed by atoms with Crippen LogP contribution in [-0.4, -0.2) is 69.2 Å². The smallest absolute Gasteiger partial charge is 0.330 e. The predicted octanol–water partition coefficient (Wildman–Crippen LogP) is 1.04. The third-order valence-corrected chi connectivity index (χ3v) is 5.04. The molecule has 0 radical (unpaired) electrons. The summed E-state index contributed by atoms with van der Waals surface area (Å²) in [5.41, 5.74) is -0.972. The van der Waals surface area contributed by atoms with E-state index in [2.05, 4.69) is 4.98 Å². The number of nitro benzene ring substituents is 1. The first kappa shape index (κ1) is 31.2. The van der Waals surface area contributed by atoms with Crippen molar-refractivity contribution >= 4 is 35.5 Å². The number of aromatic amines is 1. The maximum absolute atomic E-state index is 12.8. The number of H-pyrrole nitrogens is 1. The highest BCUT2D eigenvalue weighted by Crippen LogP contribution is 2.30. The fourth-order valence-corrected chi connectivity index (χ4v) is 3.62. The van der Waals surface area contributed by atoms with E-state index in [1.165, 1.54) is 18.3 Å². The number of hydrogen-bond acceptors (Lipinski definition) is 13. The van der Waals surface area contributed by atoms with Gasteiger partial charge in [0.05, 0.1) is 16.3 Å². The van der Waals surface area contributed by atoms with Gasteiger partial charge >= 0.3 is 35.5 Å². The number of nitrogens with one attached hydrogen (secondary N) is 1. The molecule has 0 bridgehead atoms. The van der Waals surface area contributed by atoms with Crippen molar-refractivity contribution < 1.29 is 52.6 Å². The van der Waals surface area contributed by atoms with E-state index >= 15 is 0 Å². The molecule has 16 nitrogen and oxygen atoms in total.